The van der Waals surface area contributed by atoms with E-state index < -0.39 is 23.8 Å². The molecule has 1 amide bonds. The van der Waals surface area contributed by atoms with Crippen LogP contribution < -0.4 is 5.73 Å². The minimum Gasteiger partial charge on any atom is -0.449 e. The van der Waals surface area contributed by atoms with Crippen LogP contribution in [-0.2, 0) is 9.53 Å². The fourth-order valence-corrected chi connectivity index (χ4v) is 2.34. The number of ether oxygens (including phenoxy) is 1. The first-order chi connectivity index (χ1) is 12.1. The number of rotatable bonds is 5. The lowest BCUT2D eigenvalue weighted by Crippen LogP contribution is -2.26. The minimum atomic E-state index is -1.24. The summed E-state index contributed by atoms with van der Waals surface area (Å²) < 4.78 is 24.3. The van der Waals surface area contributed by atoms with E-state index in [9.17, 15) is 14.0 Å². The van der Waals surface area contributed by atoms with Crippen molar-refractivity contribution in [3.8, 4) is 11.3 Å². The summed E-state index contributed by atoms with van der Waals surface area (Å²) in [5.74, 6) is -2.12. The number of hydrogen-bond donors (Lipinski definition) is 1. The Bertz CT molecular complexity index is 905. The summed E-state index contributed by atoms with van der Waals surface area (Å²) in [7, 11) is 0. The number of primary amides is 1. The predicted molar refractivity (Wildman–Crippen MR) is 87.9 cm³/mol. The van der Waals surface area contributed by atoms with Gasteiger partial charge in [0.05, 0.1) is 5.56 Å². The molecule has 0 spiro atoms. The van der Waals surface area contributed by atoms with E-state index in [1.807, 2.05) is 0 Å². The van der Waals surface area contributed by atoms with E-state index in [4.69, 9.17) is 14.9 Å². The van der Waals surface area contributed by atoms with Gasteiger partial charge in [0.25, 0.3) is 5.91 Å². The highest BCUT2D eigenvalue weighted by atomic mass is 19.1. The van der Waals surface area contributed by atoms with E-state index in [2.05, 4.69) is 0 Å². The van der Waals surface area contributed by atoms with E-state index in [1.165, 1.54) is 24.3 Å². The van der Waals surface area contributed by atoms with Gasteiger partial charge < -0.3 is 14.9 Å². The average molecular weight is 339 g/mol. The summed E-state index contributed by atoms with van der Waals surface area (Å²) in [6, 6.07) is 17.2. The first-order valence-corrected chi connectivity index (χ1v) is 7.46. The average Bonchev–Trinajstić information content (AvgIpc) is 3.10. The number of furan rings is 1. The minimum absolute atomic E-state index is 0.152. The van der Waals surface area contributed by atoms with Crippen LogP contribution in [0.2, 0.25) is 0 Å². The molecule has 0 unspecified atom stereocenters. The van der Waals surface area contributed by atoms with Gasteiger partial charge in [-0.1, -0.05) is 42.5 Å². The Balaban J connectivity index is 1.82. The molecule has 0 saturated heterocycles. The second-order valence-electron chi connectivity index (χ2n) is 5.24. The molecule has 1 atom stereocenters. The molecule has 0 saturated carbocycles. The summed E-state index contributed by atoms with van der Waals surface area (Å²) in [6.07, 6.45) is -1.24. The summed E-state index contributed by atoms with van der Waals surface area (Å²) >= 11 is 0. The number of halogens is 1. The third-order valence-electron chi connectivity index (χ3n) is 3.53. The molecule has 0 aliphatic heterocycles. The van der Waals surface area contributed by atoms with Crippen molar-refractivity contribution >= 4 is 11.9 Å². The third kappa shape index (κ3) is 3.58. The maximum Gasteiger partial charge on any atom is 0.375 e. The largest absolute Gasteiger partial charge is 0.449 e. The predicted octanol–water partition coefficient (Wildman–Crippen LogP) is 3.47. The summed E-state index contributed by atoms with van der Waals surface area (Å²) in [5, 5.41) is 0. The van der Waals surface area contributed by atoms with Crippen molar-refractivity contribution in [1.82, 2.24) is 0 Å². The Morgan fingerprint density at radius 1 is 0.960 bits per heavy atom. The van der Waals surface area contributed by atoms with Crippen molar-refractivity contribution in [2.75, 3.05) is 0 Å². The summed E-state index contributed by atoms with van der Waals surface area (Å²) in [4.78, 5) is 23.8. The molecule has 1 aromatic heterocycles. The second kappa shape index (κ2) is 7.00. The van der Waals surface area contributed by atoms with E-state index >= 15 is 0 Å². The Morgan fingerprint density at radius 3 is 2.32 bits per heavy atom. The summed E-state index contributed by atoms with van der Waals surface area (Å²) in [5.41, 5.74) is 5.98. The standard InChI is InChI=1S/C19H14FNO4/c20-14-9-5-4-8-13(14)15-10-11-16(24-15)19(23)25-17(18(21)22)12-6-2-1-3-7-12/h1-11,17H,(H2,21,22)/t17-/m1/s1. The number of esters is 1. The van der Waals surface area contributed by atoms with Gasteiger partial charge >= 0.3 is 5.97 Å². The number of carbonyl (C=O) groups excluding carboxylic acids is 2. The quantitative estimate of drug-likeness (QED) is 0.722. The van der Waals surface area contributed by atoms with Crippen molar-refractivity contribution < 1.29 is 23.1 Å². The third-order valence-corrected chi connectivity index (χ3v) is 3.53. The molecule has 0 aliphatic rings. The molecular formula is C19H14FNO4. The molecule has 5 nitrogen and oxygen atoms in total. The van der Waals surface area contributed by atoms with Crippen LogP contribution in [0.4, 0.5) is 4.39 Å². The fraction of sp³-hybridized carbons (Fsp3) is 0.0526. The van der Waals surface area contributed by atoms with Crippen LogP contribution in [0.1, 0.15) is 22.2 Å². The van der Waals surface area contributed by atoms with Crippen molar-refractivity contribution in [1.29, 1.82) is 0 Å². The number of carbonyl (C=O) groups is 2. The Morgan fingerprint density at radius 2 is 1.64 bits per heavy atom. The van der Waals surface area contributed by atoms with Crippen LogP contribution in [0.25, 0.3) is 11.3 Å². The number of amides is 1. The van der Waals surface area contributed by atoms with Gasteiger partial charge in [-0.25, -0.2) is 9.18 Å². The molecule has 6 heteroatoms. The molecule has 126 valence electrons. The van der Waals surface area contributed by atoms with Gasteiger partial charge in [0.15, 0.2) is 0 Å². The number of nitrogens with two attached hydrogens (primary N) is 1. The monoisotopic (exact) mass is 339 g/mol. The number of benzene rings is 2. The van der Waals surface area contributed by atoms with E-state index in [0.29, 0.717) is 5.56 Å². The molecule has 0 bridgehead atoms. The van der Waals surface area contributed by atoms with Gasteiger partial charge in [0.1, 0.15) is 11.6 Å². The molecule has 0 aliphatic carbocycles. The van der Waals surface area contributed by atoms with Crippen LogP contribution in [0.15, 0.2) is 71.1 Å². The zero-order valence-electron chi connectivity index (χ0n) is 13.0. The van der Waals surface area contributed by atoms with E-state index in [-0.39, 0.29) is 17.1 Å². The van der Waals surface area contributed by atoms with Gasteiger partial charge in [0, 0.05) is 5.56 Å². The van der Waals surface area contributed by atoms with Gasteiger partial charge in [-0.3, -0.25) is 4.79 Å². The fourth-order valence-electron chi connectivity index (χ4n) is 2.34. The second-order valence-corrected chi connectivity index (χ2v) is 5.24. The van der Waals surface area contributed by atoms with Crippen molar-refractivity contribution in [3.05, 3.63) is 83.9 Å². The van der Waals surface area contributed by atoms with Gasteiger partial charge in [0.2, 0.25) is 11.9 Å². The zero-order valence-corrected chi connectivity index (χ0v) is 13.0. The highest BCUT2D eigenvalue weighted by molar-refractivity contribution is 5.90. The molecular weight excluding hydrogens is 325 g/mol. The van der Waals surface area contributed by atoms with Gasteiger partial charge in [-0.15, -0.1) is 0 Å². The first-order valence-electron chi connectivity index (χ1n) is 7.46. The van der Waals surface area contributed by atoms with Crippen molar-refractivity contribution in [2.24, 2.45) is 5.73 Å². The molecule has 2 aromatic carbocycles. The molecule has 3 aromatic rings. The summed E-state index contributed by atoms with van der Waals surface area (Å²) in [6.45, 7) is 0. The smallest absolute Gasteiger partial charge is 0.375 e. The van der Waals surface area contributed by atoms with Gasteiger partial charge in [-0.05, 0) is 24.3 Å². The van der Waals surface area contributed by atoms with Crippen LogP contribution >= 0.6 is 0 Å². The van der Waals surface area contributed by atoms with Crippen LogP contribution in [0.5, 0.6) is 0 Å². The SMILES string of the molecule is NC(=O)[C@H](OC(=O)c1ccc(-c2ccccc2F)o1)c1ccccc1. The number of hydrogen-bond acceptors (Lipinski definition) is 4. The molecule has 0 radical (unpaired) electrons. The highest BCUT2D eigenvalue weighted by Gasteiger charge is 2.25. The highest BCUT2D eigenvalue weighted by Crippen LogP contribution is 2.26. The van der Waals surface area contributed by atoms with Crippen molar-refractivity contribution in [3.63, 3.8) is 0 Å². The Hall–Kier alpha value is -3.41. The molecule has 3 rings (SSSR count). The van der Waals surface area contributed by atoms with Crippen LogP contribution in [0, 0.1) is 5.82 Å². The van der Waals surface area contributed by atoms with Crippen LogP contribution in [-0.4, -0.2) is 11.9 Å². The topological polar surface area (TPSA) is 82.5 Å². The van der Waals surface area contributed by atoms with Crippen LogP contribution in [0.3, 0.4) is 0 Å². The first kappa shape index (κ1) is 16.4. The molecule has 0 fully saturated rings. The maximum atomic E-state index is 13.8. The van der Waals surface area contributed by atoms with E-state index in [1.54, 1.807) is 42.5 Å². The molecule has 1 heterocycles. The molecule has 25 heavy (non-hydrogen) atoms. The normalized spacial score (nSPS) is 11.7. The van der Waals surface area contributed by atoms with Gasteiger partial charge in [-0.2, -0.15) is 0 Å². The van der Waals surface area contributed by atoms with E-state index in [0.717, 1.165) is 0 Å². The maximum absolute atomic E-state index is 13.8. The van der Waals surface area contributed by atoms with Crippen molar-refractivity contribution in [2.45, 2.75) is 6.10 Å². The lowest BCUT2D eigenvalue weighted by Gasteiger charge is -2.14. The molecule has 2 N–H and O–H groups in total. The zero-order chi connectivity index (χ0) is 17.8. The Kier molecular flexibility index (Phi) is 4.61. The Labute approximate surface area is 142 Å². The lowest BCUT2D eigenvalue weighted by atomic mass is 10.1. The lowest BCUT2D eigenvalue weighted by molar-refractivity contribution is -0.127.